The molecule has 0 atom stereocenters. The summed E-state index contributed by atoms with van der Waals surface area (Å²) in [6.45, 7) is 2.16. The Kier molecular flexibility index (Phi) is 5.54. The molecule has 31 heavy (non-hydrogen) atoms. The maximum atomic E-state index is 12.8. The van der Waals surface area contributed by atoms with Crippen LogP contribution in [0.4, 0.5) is 24.7 Å². The fourth-order valence-electron chi connectivity index (χ4n) is 3.76. The summed E-state index contributed by atoms with van der Waals surface area (Å²) in [6, 6.07) is 8.86. The van der Waals surface area contributed by atoms with E-state index in [1.807, 2.05) is 4.90 Å². The molecule has 0 spiro atoms. The molecule has 3 heterocycles. The predicted molar refractivity (Wildman–Crippen MR) is 110 cm³/mol. The van der Waals surface area contributed by atoms with E-state index in [0.717, 1.165) is 12.3 Å². The first-order chi connectivity index (χ1) is 14.6. The fraction of sp³-hybridized carbons (Fsp3) is 0.400. The molecule has 11 heteroatoms. The number of carbonyl (C=O) groups excluding carboxylic acids is 1. The third-order valence-corrected chi connectivity index (χ3v) is 7.34. The van der Waals surface area contributed by atoms with Crippen LogP contribution in [0.2, 0.25) is 0 Å². The Morgan fingerprint density at radius 2 is 1.61 bits per heavy atom. The van der Waals surface area contributed by atoms with Gasteiger partial charge in [0.1, 0.15) is 5.82 Å². The van der Waals surface area contributed by atoms with Crippen LogP contribution in [0.25, 0.3) is 0 Å². The van der Waals surface area contributed by atoms with Gasteiger partial charge in [-0.2, -0.15) is 13.2 Å². The maximum Gasteiger partial charge on any atom is 0.417 e. The largest absolute Gasteiger partial charge is 0.417 e. The average Bonchev–Trinajstić information content (AvgIpc) is 3.12. The number of halogens is 3. The molecule has 1 aromatic heterocycles. The summed E-state index contributed by atoms with van der Waals surface area (Å²) in [5, 5.41) is 0. The van der Waals surface area contributed by atoms with Gasteiger partial charge in [-0.25, -0.2) is 13.4 Å². The van der Waals surface area contributed by atoms with Crippen LogP contribution in [0.5, 0.6) is 0 Å². The Morgan fingerprint density at radius 3 is 2.13 bits per heavy atom. The quantitative estimate of drug-likeness (QED) is 0.713. The smallest absolute Gasteiger partial charge is 0.353 e. The Hall–Kier alpha value is -2.82. The molecular formula is C20H21F3N4O3S. The number of nitrogens with zero attached hydrogens (tertiary/aromatic N) is 4. The molecule has 7 nitrogen and oxygen atoms in total. The lowest BCUT2D eigenvalue weighted by atomic mass is 10.1. The van der Waals surface area contributed by atoms with Crippen LogP contribution in [0.1, 0.15) is 22.3 Å². The molecule has 2 aliphatic heterocycles. The molecule has 2 aliphatic rings. The first-order valence-corrected chi connectivity index (χ1v) is 11.4. The zero-order valence-electron chi connectivity index (χ0n) is 16.5. The van der Waals surface area contributed by atoms with Crippen molar-refractivity contribution in [2.75, 3.05) is 47.7 Å². The highest BCUT2D eigenvalue weighted by molar-refractivity contribution is 7.93. The minimum Gasteiger partial charge on any atom is -0.353 e. The van der Waals surface area contributed by atoms with Crippen LogP contribution in [-0.4, -0.2) is 62.7 Å². The van der Waals surface area contributed by atoms with E-state index in [2.05, 4.69) is 4.98 Å². The van der Waals surface area contributed by atoms with E-state index in [4.69, 9.17) is 0 Å². The van der Waals surface area contributed by atoms with Crippen molar-refractivity contribution in [1.82, 2.24) is 9.88 Å². The van der Waals surface area contributed by atoms with Gasteiger partial charge in [-0.3, -0.25) is 9.10 Å². The fourth-order valence-corrected chi connectivity index (χ4v) is 5.33. The second-order valence-electron chi connectivity index (χ2n) is 7.47. The monoisotopic (exact) mass is 454 g/mol. The van der Waals surface area contributed by atoms with Crippen molar-refractivity contribution in [2.24, 2.45) is 0 Å². The van der Waals surface area contributed by atoms with Gasteiger partial charge in [0.15, 0.2) is 0 Å². The third kappa shape index (κ3) is 4.46. The van der Waals surface area contributed by atoms with Gasteiger partial charge in [-0.1, -0.05) is 0 Å². The molecule has 0 N–H and O–H groups in total. The molecule has 0 aliphatic carbocycles. The van der Waals surface area contributed by atoms with E-state index in [9.17, 15) is 26.4 Å². The summed E-state index contributed by atoms with van der Waals surface area (Å²) in [4.78, 5) is 20.2. The summed E-state index contributed by atoms with van der Waals surface area (Å²) < 4.78 is 63.5. The number of carbonyl (C=O) groups is 1. The number of pyridine rings is 1. The average molecular weight is 454 g/mol. The van der Waals surface area contributed by atoms with Crippen molar-refractivity contribution in [3.05, 3.63) is 53.7 Å². The molecular weight excluding hydrogens is 433 g/mol. The molecule has 0 saturated carbocycles. The van der Waals surface area contributed by atoms with Crippen molar-refractivity contribution in [3.63, 3.8) is 0 Å². The van der Waals surface area contributed by atoms with Crippen molar-refractivity contribution < 1.29 is 26.4 Å². The number of alkyl halides is 3. The Labute approximate surface area is 178 Å². The van der Waals surface area contributed by atoms with Gasteiger partial charge in [0.25, 0.3) is 5.91 Å². The summed E-state index contributed by atoms with van der Waals surface area (Å²) in [6.07, 6.45) is -3.03. The Bertz CT molecular complexity index is 1050. The molecule has 166 valence electrons. The Balaban J connectivity index is 1.37. The second kappa shape index (κ2) is 8.03. The zero-order valence-corrected chi connectivity index (χ0v) is 17.4. The lowest BCUT2D eigenvalue weighted by molar-refractivity contribution is -0.137. The van der Waals surface area contributed by atoms with Gasteiger partial charge in [-0.15, -0.1) is 0 Å². The van der Waals surface area contributed by atoms with Crippen LogP contribution in [-0.2, 0) is 16.2 Å². The molecule has 4 rings (SSSR count). The number of sulfonamides is 1. The van der Waals surface area contributed by atoms with Crippen LogP contribution in [0.15, 0.2) is 42.6 Å². The molecule has 2 saturated heterocycles. The summed E-state index contributed by atoms with van der Waals surface area (Å²) in [5.41, 5.74) is 0.212. The summed E-state index contributed by atoms with van der Waals surface area (Å²) >= 11 is 0. The van der Waals surface area contributed by atoms with Crippen LogP contribution in [0.3, 0.4) is 0 Å². The number of aromatic nitrogens is 1. The van der Waals surface area contributed by atoms with Crippen LogP contribution >= 0.6 is 0 Å². The van der Waals surface area contributed by atoms with Gasteiger partial charge in [-0.05, 0) is 42.8 Å². The number of amides is 1. The lowest BCUT2D eigenvalue weighted by Crippen LogP contribution is -2.49. The number of hydrogen-bond donors (Lipinski definition) is 0. The van der Waals surface area contributed by atoms with E-state index in [-0.39, 0.29) is 11.7 Å². The normalized spacial score (nSPS) is 19.0. The first-order valence-electron chi connectivity index (χ1n) is 9.83. The van der Waals surface area contributed by atoms with Crippen LogP contribution in [0, 0.1) is 0 Å². The second-order valence-corrected chi connectivity index (χ2v) is 9.48. The third-order valence-electron chi connectivity index (χ3n) is 5.47. The van der Waals surface area contributed by atoms with Crippen molar-refractivity contribution >= 4 is 27.4 Å². The summed E-state index contributed by atoms with van der Waals surface area (Å²) in [5.74, 6) is 0.401. The number of hydrogen-bond acceptors (Lipinski definition) is 5. The zero-order chi connectivity index (χ0) is 22.2. The predicted octanol–water partition coefficient (Wildman–Crippen LogP) is 2.60. The molecule has 1 aromatic carbocycles. The molecule has 2 aromatic rings. The topological polar surface area (TPSA) is 73.8 Å². The number of anilines is 2. The number of benzene rings is 1. The number of piperazine rings is 1. The minimum absolute atomic E-state index is 0.131. The van der Waals surface area contributed by atoms with Gasteiger partial charge in [0.05, 0.1) is 17.0 Å². The molecule has 1 amide bonds. The number of rotatable bonds is 3. The van der Waals surface area contributed by atoms with E-state index < -0.39 is 21.8 Å². The van der Waals surface area contributed by atoms with Crippen molar-refractivity contribution in [3.8, 4) is 0 Å². The lowest BCUT2D eigenvalue weighted by Gasteiger charge is -2.35. The highest BCUT2D eigenvalue weighted by atomic mass is 32.2. The summed E-state index contributed by atoms with van der Waals surface area (Å²) in [7, 11) is -3.27. The van der Waals surface area contributed by atoms with Gasteiger partial charge < -0.3 is 9.80 Å². The van der Waals surface area contributed by atoms with Gasteiger partial charge in [0, 0.05) is 44.5 Å². The molecule has 2 fully saturated rings. The first kappa shape index (κ1) is 21.4. The SMILES string of the molecule is O=C(c1ccc(N2CCCS2(=O)=O)cc1)N1CCN(c2ccc(C(F)(F)F)cn2)CC1. The van der Waals surface area contributed by atoms with E-state index >= 15 is 0 Å². The van der Waals surface area contributed by atoms with E-state index in [0.29, 0.717) is 56.2 Å². The molecule has 0 radical (unpaired) electrons. The Morgan fingerprint density at radius 1 is 0.935 bits per heavy atom. The highest BCUT2D eigenvalue weighted by Gasteiger charge is 2.31. The van der Waals surface area contributed by atoms with Crippen molar-refractivity contribution in [2.45, 2.75) is 12.6 Å². The van der Waals surface area contributed by atoms with Gasteiger partial charge in [0.2, 0.25) is 10.0 Å². The molecule has 0 bridgehead atoms. The van der Waals surface area contributed by atoms with Crippen molar-refractivity contribution in [1.29, 1.82) is 0 Å². The minimum atomic E-state index is -4.43. The van der Waals surface area contributed by atoms with E-state index in [1.54, 1.807) is 29.2 Å². The van der Waals surface area contributed by atoms with E-state index in [1.165, 1.54) is 10.4 Å². The van der Waals surface area contributed by atoms with Crippen LogP contribution < -0.4 is 9.21 Å². The standard InChI is InChI=1S/C20H21F3N4O3S/c21-20(22,23)16-4-7-18(24-14-16)25-9-11-26(12-10-25)19(28)15-2-5-17(6-3-15)27-8-1-13-31(27,29)30/h2-7,14H,1,8-13H2. The maximum absolute atomic E-state index is 12.8. The van der Waals surface area contributed by atoms with Gasteiger partial charge >= 0.3 is 6.18 Å². The molecule has 0 unspecified atom stereocenters. The highest BCUT2D eigenvalue weighted by Crippen LogP contribution is 2.29.